The Morgan fingerprint density at radius 3 is 2.14 bits per heavy atom. The van der Waals surface area contributed by atoms with Crippen molar-refractivity contribution >= 4 is 17.7 Å². The van der Waals surface area contributed by atoms with E-state index in [1.807, 2.05) is 0 Å². The molecule has 1 unspecified atom stereocenters. The standard InChI is InChI=1S/C16H18O5/c1-3-13(17)10-16(15(20)21,11(2)14(18)19)9-12-7-5-4-6-8-12/h4-8H,2-3,9-10H2,1H3,(H,18,19)(H,20,21). The molecule has 1 aromatic carbocycles. The molecule has 0 bridgehead atoms. The quantitative estimate of drug-likeness (QED) is 0.717. The molecule has 21 heavy (non-hydrogen) atoms. The summed E-state index contributed by atoms with van der Waals surface area (Å²) < 4.78 is 0. The van der Waals surface area contributed by atoms with Crippen LogP contribution in [0.2, 0.25) is 0 Å². The molecule has 0 heterocycles. The van der Waals surface area contributed by atoms with E-state index in [9.17, 15) is 19.5 Å². The Hall–Kier alpha value is -2.43. The van der Waals surface area contributed by atoms with Gasteiger partial charge >= 0.3 is 11.9 Å². The van der Waals surface area contributed by atoms with E-state index < -0.39 is 22.9 Å². The van der Waals surface area contributed by atoms with Gasteiger partial charge in [0.2, 0.25) is 0 Å². The number of hydrogen-bond acceptors (Lipinski definition) is 3. The summed E-state index contributed by atoms with van der Waals surface area (Å²) in [4.78, 5) is 34.7. The largest absolute Gasteiger partial charge is 0.481 e. The maximum atomic E-state index is 11.8. The lowest BCUT2D eigenvalue weighted by Gasteiger charge is -2.29. The molecule has 1 atom stereocenters. The molecule has 0 aliphatic carbocycles. The molecule has 0 saturated heterocycles. The molecule has 5 heteroatoms. The van der Waals surface area contributed by atoms with Gasteiger partial charge in [-0.25, -0.2) is 4.79 Å². The normalized spacial score (nSPS) is 13.2. The minimum absolute atomic E-state index is 0.0833. The SMILES string of the molecule is C=C(C(=O)O)C(CC(=O)CC)(Cc1ccccc1)C(=O)O. The third-order valence-electron chi connectivity index (χ3n) is 3.49. The Morgan fingerprint density at radius 1 is 1.14 bits per heavy atom. The fourth-order valence-electron chi connectivity index (χ4n) is 2.17. The lowest BCUT2D eigenvalue weighted by Crippen LogP contribution is -2.40. The van der Waals surface area contributed by atoms with Gasteiger partial charge in [0.1, 0.15) is 11.2 Å². The first-order valence-electron chi connectivity index (χ1n) is 6.55. The summed E-state index contributed by atoms with van der Waals surface area (Å²) in [5.74, 6) is -3.06. The van der Waals surface area contributed by atoms with Crippen LogP contribution in [0.15, 0.2) is 42.5 Å². The molecule has 0 fully saturated rings. The van der Waals surface area contributed by atoms with Gasteiger partial charge in [0, 0.05) is 18.4 Å². The van der Waals surface area contributed by atoms with Crippen LogP contribution in [0.4, 0.5) is 0 Å². The van der Waals surface area contributed by atoms with E-state index in [0.29, 0.717) is 5.56 Å². The molecule has 0 amide bonds. The van der Waals surface area contributed by atoms with Crippen molar-refractivity contribution in [3.8, 4) is 0 Å². The van der Waals surface area contributed by atoms with Gasteiger partial charge in [-0.3, -0.25) is 9.59 Å². The second kappa shape index (κ2) is 6.83. The summed E-state index contributed by atoms with van der Waals surface area (Å²) in [6.07, 6.45) is -0.310. The second-order valence-corrected chi connectivity index (χ2v) is 4.90. The van der Waals surface area contributed by atoms with E-state index >= 15 is 0 Å². The monoisotopic (exact) mass is 290 g/mol. The first-order chi connectivity index (χ1) is 9.83. The third-order valence-corrected chi connectivity index (χ3v) is 3.49. The van der Waals surface area contributed by atoms with E-state index in [-0.39, 0.29) is 25.0 Å². The van der Waals surface area contributed by atoms with E-state index in [0.717, 1.165) is 0 Å². The highest BCUT2D eigenvalue weighted by Gasteiger charge is 2.45. The van der Waals surface area contributed by atoms with Gasteiger partial charge in [0.15, 0.2) is 0 Å². The van der Waals surface area contributed by atoms with Crippen molar-refractivity contribution in [2.24, 2.45) is 5.41 Å². The number of carbonyl (C=O) groups is 3. The van der Waals surface area contributed by atoms with Crippen LogP contribution in [0.1, 0.15) is 25.3 Å². The molecule has 112 valence electrons. The predicted molar refractivity (Wildman–Crippen MR) is 76.9 cm³/mol. The van der Waals surface area contributed by atoms with Gasteiger partial charge in [-0.1, -0.05) is 43.8 Å². The average molecular weight is 290 g/mol. The summed E-state index contributed by atoms with van der Waals surface area (Å²) in [6, 6.07) is 8.63. The van der Waals surface area contributed by atoms with Crippen molar-refractivity contribution in [2.75, 3.05) is 0 Å². The maximum Gasteiger partial charge on any atom is 0.332 e. The van der Waals surface area contributed by atoms with Crippen LogP contribution < -0.4 is 0 Å². The number of Topliss-reactive ketones (excluding diaryl/α,β-unsaturated/α-hetero) is 1. The molecule has 0 saturated carbocycles. The zero-order valence-corrected chi connectivity index (χ0v) is 11.8. The Bertz CT molecular complexity index is 561. The summed E-state index contributed by atoms with van der Waals surface area (Å²) in [6.45, 7) is 5.01. The fourth-order valence-corrected chi connectivity index (χ4v) is 2.17. The number of carbonyl (C=O) groups excluding carboxylic acids is 1. The van der Waals surface area contributed by atoms with E-state index in [4.69, 9.17) is 5.11 Å². The Morgan fingerprint density at radius 2 is 1.71 bits per heavy atom. The number of carboxylic acid groups (broad SMARTS) is 2. The fraction of sp³-hybridized carbons (Fsp3) is 0.312. The van der Waals surface area contributed by atoms with Gasteiger partial charge < -0.3 is 10.2 Å². The lowest BCUT2D eigenvalue weighted by atomic mass is 9.71. The van der Waals surface area contributed by atoms with Crippen molar-refractivity contribution in [3.63, 3.8) is 0 Å². The van der Waals surface area contributed by atoms with Gasteiger partial charge in [-0.2, -0.15) is 0 Å². The molecule has 5 nitrogen and oxygen atoms in total. The van der Waals surface area contributed by atoms with Crippen LogP contribution in [0.3, 0.4) is 0 Å². The van der Waals surface area contributed by atoms with Crippen molar-refractivity contribution in [3.05, 3.63) is 48.0 Å². The summed E-state index contributed by atoms with van der Waals surface area (Å²) in [5, 5.41) is 18.7. The highest BCUT2D eigenvalue weighted by atomic mass is 16.4. The number of ketones is 1. The molecular formula is C16H18O5. The Balaban J connectivity index is 3.30. The van der Waals surface area contributed by atoms with Crippen molar-refractivity contribution in [1.82, 2.24) is 0 Å². The first kappa shape index (κ1) is 16.6. The Kier molecular flexibility index (Phi) is 5.41. The smallest absolute Gasteiger partial charge is 0.332 e. The van der Waals surface area contributed by atoms with E-state index in [1.54, 1.807) is 37.3 Å². The Labute approximate surface area is 122 Å². The number of aliphatic carboxylic acids is 2. The molecule has 0 radical (unpaired) electrons. The molecular weight excluding hydrogens is 272 g/mol. The summed E-state index contributed by atoms with van der Waals surface area (Å²) in [7, 11) is 0. The van der Waals surface area contributed by atoms with Crippen LogP contribution in [0.5, 0.6) is 0 Å². The maximum absolute atomic E-state index is 11.8. The van der Waals surface area contributed by atoms with E-state index in [1.165, 1.54) is 0 Å². The molecule has 0 aliphatic rings. The average Bonchev–Trinajstić information content (AvgIpc) is 2.46. The topological polar surface area (TPSA) is 91.7 Å². The number of benzene rings is 1. The summed E-state index contributed by atoms with van der Waals surface area (Å²) >= 11 is 0. The highest BCUT2D eigenvalue weighted by Crippen LogP contribution is 2.36. The van der Waals surface area contributed by atoms with Crippen molar-refractivity contribution in [1.29, 1.82) is 0 Å². The van der Waals surface area contributed by atoms with Crippen molar-refractivity contribution in [2.45, 2.75) is 26.2 Å². The molecule has 1 rings (SSSR count). The minimum Gasteiger partial charge on any atom is -0.481 e. The number of carboxylic acids is 2. The van der Waals surface area contributed by atoms with Crippen LogP contribution >= 0.6 is 0 Å². The number of rotatable bonds is 8. The highest BCUT2D eigenvalue weighted by molar-refractivity contribution is 5.99. The van der Waals surface area contributed by atoms with Gasteiger partial charge in [-0.15, -0.1) is 0 Å². The zero-order chi connectivity index (χ0) is 16.0. The van der Waals surface area contributed by atoms with Crippen LogP contribution in [-0.2, 0) is 20.8 Å². The van der Waals surface area contributed by atoms with Crippen molar-refractivity contribution < 1.29 is 24.6 Å². The molecule has 2 N–H and O–H groups in total. The van der Waals surface area contributed by atoms with Crippen LogP contribution in [0, 0.1) is 5.41 Å². The van der Waals surface area contributed by atoms with Gasteiger partial charge in [0.25, 0.3) is 0 Å². The van der Waals surface area contributed by atoms with Gasteiger partial charge in [-0.05, 0) is 12.0 Å². The lowest BCUT2D eigenvalue weighted by molar-refractivity contribution is -0.152. The third kappa shape index (κ3) is 3.78. The zero-order valence-electron chi connectivity index (χ0n) is 11.8. The van der Waals surface area contributed by atoms with Crippen LogP contribution in [-0.4, -0.2) is 27.9 Å². The van der Waals surface area contributed by atoms with Gasteiger partial charge in [0.05, 0.1) is 0 Å². The molecule has 0 aliphatic heterocycles. The molecule has 0 spiro atoms. The number of hydrogen-bond donors (Lipinski definition) is 2. The predicted octanol–water partition coefficient (Wildman–Crippen LogP) is 2.31. The minimum atomic E-state index is -1.82. The van der Waals surface area contributed by atoms with E-state index in [2.05, 4.69) is 6.58 Å². The molecule has 1 aromatic rings. The second-order valence-electron chi connectivity index (χ2n) is 4.90. The first-order valence-corrected chi connectivity index (χ1v) is 6.55. The summed E-state index contributed by atoms with van der Waals surface area (Å²) in [5.41, 5.74) is -1.65. The molecule has 0 aromatic heterocycles. The van der Waals surface area contributed by atoms with Crippen LogP contribution in [0.25, 0.3) is 0 Å².